The molecule has 0 bridgehead atoms. The lowest BCUT2D eigenvalue weighted by molar-refractivity contribution is 0.0786. The highest BCUT2D eigenvalue weighted by Crippen LogP contribution is 2.12. The van der Waals surface area contributed by atoms with Gasteiger partial charge in [0, 0.05) is 18.4 Å². The van der Waals surface area contributed by atoms with Gasteiger partial charge in [0.25, 0.3) is 5.91 Å². The molecule has 0 heterocycles. The maximum atomic E-state index is 12.2. The summed E-state index contributed by atoms with van der Waals surface area (Å²) in [7, 11) is -3.29. The number of benzene rings is 1. The molecule has 0 aliphatic heterocycles. The Balaban J connectivity index is 2.96. The van der Waals surface area contributed by atoms with Crippen molar-refractivity contribution in [2.45, 2.75) is 11.8 Å². The SMILES string of the molecule is CCN(CC(N)=NO)C(=O)c1ccc(S(C)(=O)=O)cc1. The fourth-order valence-electron chi connectivity index (χ4n) is 1.58. The fourth-order valence-corrected chi connectivity index (χ4v) is 2.21. The average Bonchev–Trinajstić information content (AvgIpc) is 2.42. The van der Waals surface area contributed by atoms with E-state index in [9.17, 15) is 13.2 Å². The van der Waals surface area contributed by atoms with Gasteiger partial charge in [0.15, 0.2) is 15.7 Å². The van der Waals surface area contributed by atoms with Crippen molar-refractivity contribution in [1.29, 1.82) is 0 Å². The largest absolute Gasteiger partial charge is 0.409 e. The van der Waals surface area contributed by atoms with Crippen molar-refractivity contribution in [3.63, 3.8) is 0 Å². The normalized spacial score (nSPS) is 12.2. The molecule has 110 valence electrons. The third-order valence-corrected chi connectivity index (χ3v) is 3.81. The Morgan fingerprint density at radius 1 is 1.35 bits per heavy atom. The highest BCUT2D eigenvalue weighted by Gasteiger charge is 2.16. The van der Waals surface area contributed by atoms with Gasteiger partial charge in [-0.1, -0.05) is 5.16 Å². The second-order valence-electron chi connectivity index (χ2n) is 4.21. The summed E-state index contributed by atoms with van der Waals surface area (Å²) in [5.41, 5.74) is 5.71. The predicted octanol–water partition coefficient (Wildman–Crippen LogP) is 0.299. The Hall–Kier alpha value is -2.09. The minimum Gasteiger partial charge on any atom is -0.409 e. The molecule has 0 saturated heterocycles. The summed E-state index contributed by atoms with van der Waals surface area (Å²) in [6.07, 6.45) is 1.10. The first kappa shape index (κ1) is 16.0. The molecule has 1 aromatic rings. The summed E-state index contributed by atoms with van der Waals surface area (Å²) >= 11 is 0. The van der Waals surface area contributed by atoms with E-state index < -0.39 is 9.84 Å². The zero-order chi connectivity index (χ0) is 15.3. The lowest BCUT2D eigenvalue weighted by Crippen LogP contribution is -2.38. The van der Waals surface area contributed by atoms with Crippen molar-refractivity contribution in [2.75, 3.05) is 19.3 Å². The number of rotatable bonds is 5. The van der Waals surface area contributed by atoms with Crippen LogP contribution in [0.4, 0.5) is 0 Å². The van der Waals surface area contributed by atoms with Gasteiger partial charge < -0.3 is 15.8 Å². The molecule has 0 aromatic heterocycles. The second kappa shape index (κ2) is 6.38. The van der Waals surface area contributed by atoms with Crippen LogP contribution in [-0.2, 0) is 9.84 Å². The van der Waals surface area contributed by atoms with E-state index in [4.69, 9.17) is 10.9 Å². The number of oxime groups is 1. The van der Waals surface area contributed by atoms with E-state index in [1.54, 1.807) is 6.92 Å². The zero-order valence-corrected chi connectivity index (χ0v) is 12.1. The number of nitrogens with two attached hydrogens (primary N) is 1. The zero-order valence-electron chi connectivity index (χ0n) is 11.3. The molecule has 0 aliphatic carbocycles. The molecule has 0 unspecified atom stereocenters. The predicted molar refractivity (Wildman–Crippen MR) is 74.5 cm³/mol. The number of hydrogen-bond donors (Lipinski definition) is 2. The van der Waals surface area contributed by atoms with Crippen LogP contribution in [0.25, 0.3) is 0 Å². The van der Waals surface area contributed by atoms with Crippen molar-refractivity contribution in [3.05, 3.63) is 29.8 Å². The lowest BCUT2D eigenvalue weighted by Gasteiger charge is -2.20. The van der Waals surface area contributed by atoms with Gasteiger partial charge in [0.2, 0.25) is 0 Å². The molecule has 0 fully saturated rings. The van der Waals surface area contributed by atoms with Crippen molar-refractivity contribution >= 4 is 21.6 Å². The quantitative estimate of drug-likeness (QED) is 0.351. The third-order valence-electron chi connectivity index (χ3n) is 2.68. The summed E-state index contributed by atoms with van der Waals surface area (Å²) in [5.74, 6) is -0.396. The summed E-state index contributed by atoms with van der Waals surface area (Å²) in [6, 6.07) is 5.63. The highest BCUT2D eigenvalue weighted by atomic mass is 32.2. The minimum absolute atomic E-state index is 0.000336. The molecule has 0 radical (unpaired) electrons. The highest BCUT2D eigenvalue weighted by molar-refractivity contribution is 7.90. The number of carbonyl (C=O) groups excluding carboxylic acids is 1. The third kappa shape index (κ3) is 3.95. The van der Waals surface area contributed by atoms with Crippen LogP contribution < -0.4 is 5.73 Å². The van der Waals surface area contributed by atoms with E-state index in [1.807, 2.05) is 0 Å². The minimum atomic E-state index is -3.29. The molecular formula is C12H17N3O4S. The number of carbonyl (C=O) groups is 1. The fraction of sp³-hybridized carbons (Fsp3) is 0.333. The Bertz CT molecular complexity index is 608. The molecule has 0 aliphatic rings. The number of amides is 1. The first-order valence-electron chi connectivity index (χ1n) is 5.85. The van der Waals surface area contributed by atoms with Gasteiger partial charge >= 0.3 is 0 Å². The monoisotopic (exact) mass is 299 g/mol. The summed E-state index contributed by atoms with van der Waals surface area (Å²) in [5, 5.41) is 11.3. The summed E-state index contributed by atoms with van der Waals surface area (Å²) in [4.78, 5) is 13.7. The van der Waals surface area contributed by atoms with E-state index in [-0.39, 0.29) is 23.2 Å². The number of likely N-dealkylation sites (N-methyl/N-ethyl adjacent to an activating group) is 1. The maximum absolute atomic E-state index is 12.2. The van der Waals surface area contributed by atoms with Crippen LogP contribution >= 0.6 is 0 Å². The lowest BCUT2D eigenvalue weighted by atomic mass is 10.2. The molecule has 0 atom stereocenters. The first-order valence-corrected chi connectivity index (χ1v) is 7.74. The van der Waals surface area contributed by atoms with Gasteiger partial charge in [-0.25, -0.2) is 8.42 Å². The van der Waals surface area contributed by atoms with Gasteiger partial charge in [0.1, 0.15) is 0 Å². The van der Waals surface area contributed by atoms with Crippen LogP contribution in [0.3, 0.4) is 0 Å². The maximum Gasteiger partial charge on any atom is 0.254 e. The van der Waals surface area contributed by atoms with Crippen LogP contribution in [-0.4, -0.2) is 49.6 Å². The molecular weight excluding hydrogens is 282 g/mol. The number of hydrogen-bond acceptors (Lipinski definition) is 5. The van der Waals surface area contributed by atoms with Crippen molar-refractivity contribution in [3.8, 4) is 0 Å². The van der Waals surface area contributed by atoms with Gasteiger partial charge in [0.05, 0.1) is 11.4 Å². The van der Waals surface area contributed by atoms with Gasteiger partial charge in [-0.3, -0.25) is 4.79 Å². The summed E-state index contributed by atoms with van der Waals surface area (Å²) < 4.78 is 22.7. The van der Waals surface area contributed by atoms with Crippen molar-refractivity contribution in [1.82, 2.24) is 4.90 Å². The number of nitrogens with zero attached hydrogens (tertiary/aromatic N) is 2. The first-order chi connectivity index (χ1) is 9.29. The van der Waals surface area contributed by atoms with Crippen molar-refractivity contribution in [2.24, 2.45) is 10.9 Å². The van der Waals surface area contributed by atoms with Crippen molar-refractivity contribution < 1.29 is 18.4 Å². The van der Waals surface area contributed by atoms with E-state index >= 15 is 0 Å². The molecule has 1 aromatic carbocycles. The molecule has 3 N–H and O–H groups in total. The Morgan fingerprint density at radius 3 is 2.30 bits per heavy atom. The van der Waals surface area contributed by atoms with Crippen LogP contribution in [0, 0.1) is 0 Å². The topological polar surface area (TPSA) is 113 Å². The van der Waals surface area contributed by atoms with Gasteiger partial charge in [-0.15, -0.1) is 0 Å². The van der Waals surface area contributed by atoms with E-state index in [0.29, 0.717) is 12.1 Å². The van der Waals surface area contributed by atoms with Crippen LogP contribution in [0.2, 0.25) is 0 Å². The smallest absolute Gasteiger partial charge is 0.254 e. The molecule has 20 heavy (non-hydrogen) atoms. The molecule has 1 rings (SSSR count). The van der Waals surface area contributed by atoms with Crippen LogP contribution in [0.15, 0.2) is 34.3 Å². The van der Waals surface area contributed by atoms with Crippen LogP contribution in [0.1, 0.15) is 17.3 Å². The second-order valence-corrected chi connectivity index (χ2v) is 6.22. The molecule has 0 saturated carbocycles. The average molecular weight is 299 g/mol. The van der Waals surface area contributed by atoms with E-state index in [1.165, 1.54) is 29.2 Å². The molecule has 0 spiro atoms. The number of amidine groups is 1. The van der Waals surface area contributed by atoms with Crippen LogP contribution in [0.5, 0.6) is 0 Å². The van der Waals surface area contributed by atoms with Gasteiger partial charge in [-0.05, 0) is 31.2 Å². The van der Waals surface area contributed by atoms with E-state index in [2.05, 4.69) is 5.16 Å². The number of sulfone groups is 1. The standard InChI is InChI=1S/C12H17N3O4S/c1-3-15(8-11(13)14-17)12(16)9-4-6-10(7-5-9)20(2,18)19/h4-7,17H,3,8H2,1-2H3,(H2,13,14). The van der Waals surface area contributed by atoms with Gasteiger partial charge in [-0.2, -0.15) is 0 Å². The molecule has 7 nitrogen and oxygen atoms in total. The summed E-state index contributed by atoms with van der Waals surface area (Å²) in [6.45, 7) is 2.13. The molecule has 1 amide bonds. The Kier molecular flexibility index (Phi) is 5.09. The molecule has 8 heteroatoms. The van der Waals surface area contributed by atoms with E-state index in [0.717, 1.165) is 6.26 Å². The Labute approximate surface area is 117 Å². The Morgan fingerprint density at radius 2 is 1.90 bits per heavy atom.